The van der Waals surface area contributed by atoms with Crippen molar-refractivity contribution in [3.63, 3.8) is 0 Å². The lowest BCUT2D eigenvalue weighted by atomic mass is 10.2. The third kappa shape index (κ3) is 2.73. The highest BCUT2D eigenvalue weighted by molar-refractivity contribution is 5.03. The number of aromatic nitrogens is 2. The van der Waals surface area contributed by atoms with Gasteiger partial charge < -0.3 is 5.73 Å². The largest absolute Gasteiger partial charge is 0.435 e. The van der Waals surface area contributed by atoms with Gasteiger partial charge in [0.05, 0.1) is 0 Å². The van der Waals surface area contributed by atoms with Gasteiger partial charge in [0.15, 0.2) is 5.69 Å². The van der Waals surface area contributed by atoms with E-state index in [0.29, 0.717) is 13.1 Å². The van der Waals surface area contributed by atoms with Crippen LogP contribution in [0.25, 0.3) is 0 Å². The summed E-state index contributed by atoms with van der Waals surface area (Å²) in [7, 11) is 0. The zero-order chi connectivity index (χ0) is 10.8. The Morgan fingerprint density at radius 2 is 2.21 bits per heavy atom. The second kappa shape index (κ2) is 4.00. The number of nitrogens with zero attached hydrogens (tertiary/aromatic N) is 2. The summed E-state index contributed by atoms with van der Waals surface area (Å²) in [6.07, 6.45) is -3.05. The third-order valence-electron chi connectivity index (χ3n) is 1.83. The van der Waals surface area contributed by atoms with Gasteiger partial charge in [-0.05, 0) is 18.5 Å². The van der Waals surface area contributed by atoms with Crippen LogP contribution in [0.4, 0.5) is 13.2 Å². The fraction of sp³-hybridized carbons (Fsp3) is 0.625. The van der Waals surface area contributed by atoms with Gasteiger partial charge in [-0.15, -0.1) is 0 Å². The zero-order valence-electron chi connectivity index (χ0n) is 7.75. The second-order valence-electron chi connectivity index (χ2n) is 3.26. The Labute approximate surface area is 79.7 Å². The van der Waals surface area contributed by atoms with Crippen LogP contribution in [0.15, 0.2) is 12.3 Å². The molecule has 80 valence electrons. The summed E-state index contributed by atoms with van der Waals surface area (Å²) < 4.78 is 37.6. The molecule has 0 aliphatic rings. The molecule has 1 aromatic rings. The summed E-state index contributed by atoms with van der Waals surface area (Å²) in [4.78, 5) is 0. The molecule has 0 spiro atoms. The van der Waals surface area contributed by atoms with Crippen molar-refractivity contribution in [1.29, 1.82) is 0 Å². The van der Waals surface area contributed by atoms with Crippen molar-refractivity contribution in [2.75, 3.05) is 6.54 Å². The van der Waals surface area contributed by atoms with E-state index in [-0.39, 0.29) is 5.92 Å². The van der Waals surface area contributed by atoms with E-state index in [1.54, 1.807) is 0 Å². The molecule has 0 unspecified atom stereocenters. The summed E-state index contributed by atoms with van der Waals surface area (Å²) >= 11 is 0. The van der Waals surface area contributed by atoms with Crippen molar-refractivity contribution in [2.45, 2.75) is 19.6 Å². The summed E-state index contributed by atoms with van der Waals surface area (Å²) in [5, 5.41) is 3.41. The van der Waals surface area contributed by atoms with Crippen LogP contribution in [-0.4, -0.2) is 16.3 Å². The molecule has 0 saturated heterocycles. The number of alkyl halides is 3. The molecular weight excluding hydrogens is 195 g/mol. The fourth-order valence-corrected chi connectivity index (χ4v) is 1.01. The van der Waals surface area contributed by atoms with Gasteiger partial charge in [0.25, 0.3) is 0 Å². The molecule has 0 saturated carbocycles. The van der Waals surface area contributed by atoms with Gasteiger partial charge in [0, 0.05) is 12.7 Å². The van der Waals surface area contributed by atoms with Crippen molar-refractivity contribution in [1.82, 2.24) is 9.78 Å². The smallest absolute Gasteiger partial charge is 0.330 e. The molecule has 0 radical (unpaired) electrons. The van der Waals surface area contributed by atoms with Crippen LogP contribution in [0.2, 0.25) is 0 Å². The maximum absolute atomic E-state index is 12.1. The summed E-state index contributed by atoms with van der Waals surface area (Å²) in [5.74, 6) is 0.121. The van der Waals surface area contributed by atoms with Crippen LogP contribution in [-0.2, 0) is 12.7 Å². The normalized spacial score (nSPS) is 14.4. The van der Waals surface area contributed by atoms with Gasteiger partial charge >= 0.3 is 6.18 Å². The van der Waals surface area contributed by atoms with E-state index in [9.17, 15) is 13.2 Å². The Morgan fingerprint density at radius 3 is 2.64 bits per heavy atom. The maximum atomic E-state index is 12.1. The average Bonchev–Trinajstić information content (AvgIpc) is 2.51. The predicted molar refractivity (Wildman–Crippen MR) is 45.4 cm³/mol. The van der Waals surface area contributed by atoms with E-state index in [1.165, 1.54) is 10.9 Å². The lowest BCUT2D eigenvalue weighted by molar-refractivity contribution is -0.141. The fourth-order valence-electron chi connectivity index (χ4n) is 1.01. The summed E-state index contributed by atoms with van der Waals surface area (Å²) in [5.41, 5.74) is 4.49. The third-order valence-corrected chi connectivity index (χ3v) is 1.83. The van der Waals surface area contributed by atoms with Crippen molar-refractivity contribution >= 4 is 0 Å². The van der Waals surface area contributed by atoms with Crippen molar-refractivity contribution in [3.8, 4) is 0 Å². The van der Waals surface area contributed by atoms with E-state index in [1.807, 2.05) is 6.92 Å². The first-order valence-corrected chi connectivity index (χ1v) is 4.24. The zero-order valence-corrected chi connectivity index (χ0v) is 7.75. The SMILES string of the molecule is C[C@@H](CN)Cn1ccc(C(F)(F)F)n1. The van der Waals surface area contributed by atoms with Crippen LogP contribution in [0.1, 0.15) is 12.6 Å². The second-order valence-corrected chi connectivity index (χ2v) is 3.26. The van der Waals surface area contributed by atoms with Gasteiger partial charge in [0.1, 0.15) is 0 Å². The van der Waals surface area contributed by atoms with Crippen LogP contribution >= 0.6 is 0 Å². The molecule has 1 rings (SSSR count). The van der Waals surface area contributed by atoms with Gasteiger partial charge in [-0.3, -0.25) is 4.68 Å². The average molecular weight is 207 g/mol. The molecule has 0 amide bonds. The lowest BCUT2D eigenvalue weighted by Crippen LogP contribution is -2.18. The number of hydrogen-bond acceptors (Lipinski definition) is 2. The maximum Gasteiger partial charge on any atom is 0.435 e. The van der Waals surface area contributed by atoms with Crippen LogP contribution in [0.3, 0.4) is 0 Å². The summed E-state index contributed by atoms with van der Waals surface area (Å²) in [6.45, 7) is 2.70. The topological polar surface area (TPSA) is 43.8 Å². The van der Waals surface area contributed by atoms with Gasteiger partial charge in [-0.25, -0.2) is 0 Å². The Morgan fingerprint density at radius 1 is 1.57 bits per heavy atom. The van der Waals surface area contributed by atoms with Gasteiger partial charge in [-0.1, -0.05) is 6.92 Å². The standard InChI is InChI=1S/C8H12F3N3/c1-6(4-12)5-14-3-2-7(13-14)8(9,10)11/h2-3,6H,4-5,12H2,1H3/t6-/m0/s1. The molecule has 0 aliphatic carbocycles. The molecule has 1 atom stereocenters. The highest BCUT2D eigenvalue weighted by Crippen LogP contribution is 2.27. The molecule has 1 aromatic heterocycles. The summed E-state index contributed by atoms with van der Waals surface area (Å²) in [6, 6.07) is 0.962. The minimum Gasteiger partial charge on any atom is -0.330 e. The quantitative estimate of drug-likeness (QED) is 0.816. The Hall–Kier alpha value is -1.04. The highest BCUT2D eigenvalue weighted by Gasteiger charge is 2.33. The molecule has 14 heavy (non-hydrogen) atoms. The molecule has 6 heteroatoms. The lowest BCUT2D eigenvalue weighted by Gasteiger charge is -2.07. The molecule has 2 N–H and O–H groups in total. The first-order chi connectivity index (χ1) is 6.43. The minimum absolute atomic E-state index is 0.121. The minimum atomic E-state index is -4.36. The molecule has 0 aliphatic heterocycles. The number of halogens is 3. The van der Waals surface area contributed by atoms with E-state index < -0.39 is 11.9 Å². The van der Waals surface area contributed by atoms with Crippen molar-refractivity contribution < 1.29 is 13.2 Å². The van der Waals surface area contributed by atoms with Gasteiger partial charge in [0.2, 0.25) is 0 Å². The molecule has 0 aromatic carbocycles. The molecular formula is C8H12F3N3. The Kier molecular flexibility index (Phi) is 3.15. The number of hydrogen-bond donors (Lipinski definition) is 1. The molecule has 0 bridgehead atoms. The van der Waals surface area contributed by atoms with Gasteiger partial charge in [-0.2, -0.15) is 18.3 Å². The first-order valence-electron chi connectivity index (χ1n) is 4.24. The molecule has 3 nitrogen and oxygen atoms in total. The molecule has 1 heterocycles. The number of rotatable bonds is 3. The van der Waals surface area contributed by atoms with Crippen LogP contribution in [0, 0.1) is 5.92 Å². The van der Waals surface area contributed by atoms with Crippen LogP contribution < -0.4 is 5.73 Å². The van der Waals surface area contributed by atoms with E-state index >= 15 is 0 Å². The first kappa shape index (κ1) is 11.0. The predicted octanol–water partition coefficient (Wildman–Crippen LogP) is 1.50. The monoisotopic (exact) mass is 207 g/mol. The Balaban J connectivity index is 2.69. The van der Waals surface area contributed by atoms with Crippen molar-refractivity contribution in [3.05, 3.63) is 18.0 Å². The van der Waals surface area contributed by atoms with E-state index in [2.05, 4.69) is 5.10 Å². The van der Waals surface area contributed by atoms with Crippen molar-refractivity contribution in [2.24, 2.45) is 11.7 Å². The van der Waals surface area contributed by atoms with E-state index in [4.69, 9.17) is 5.73 Å². The number of nitrogens with two attached hydrogens (primary N) is 1. The Bertz CT molecular complexity index is 292. The van der Waals surface area contributed by atoms with E-state index in [0.717, 1.165) is 6.07 Å². The molecule has 0 fully saturated rings. The van der Waals surface area contributed by atoms with Crippen LogP contribution in [0.5, 0.6) is 0 Å². The highest BCUT2D eigenvalue weighted by atomic mass is 19.4.